The van der Waals surface area contributed by atoms with Crippen LogP contribution in [0.15, 0.2) is 36.8 Å². The molecule has 108 valence electrons. The van der Waals surface area contributed by atoms with Crippen molar-refractivity contribution in [2.24, 2.45) is 5.92 Å². The van der Waals surface area contributed by atoms with Crippen LogP contribution in [0.2, 0.25) is 0 Å². The van der Waals surface area contributed by atoms with Gasteiger partial charge in [0.25, 0.3) is 0 Å². The molecule has 8 nitrogen and oxygen atoms in total. The molecule has 0 fully saturated rings. The Hall–Kier alpha value is -2.77. The first-order valence-electron chi connectivity index (χ1n) is 6.58. The molecule has 0 aliphatic carbocycles. The minimum atomic E-state index is -0.600. The van der Waals surface area contributed by atoms with Crippen LogP contribution in [-0.2, 0) is 9.53 Å². The van der Waals surface area contributed by atoms with Gasteiger partial charge in [-0.15, -0.1) is 0 Å². The fourth-order valence-electron chi connectivity index (χ4n) is 2.44. The van der Waals surface area contributed by atoms with Crippen LogP contribution in [0.3, 0.4) is 0 Å². The van der Waals surface area contributed by atoms with Crippen LogP contribution in [0.5, 0.6) is 0 Å². The van der Waals surface area contributed by atoms with E-state index in [0.717, 1.165) is 5.56 Å². The Morgan fingerprint density at radius 3 is 3.19 bits per heavy atom. The number of H-pyrrole nitrogens is 1. The maximum Gasteiger partial charge on any atom is 0.317 e. The van der Waals surface area contributed by atoms with Crippen molar-refractivity contribution in [2.75, 3.05) is 11.9 Å². The Kier molecular flexibility index (Phi) is 3.35. The summed E-state index contributed by atoms with van der Waals surface area (Å²) in [6.45, 7) is 5.99. The van der Waals surface area contributed by atoms with E-state index in [-0.39, 0.29) is 5.97 Å². The highest BCUT2D eigenvalue weighted by Crippen LogP contribution is 2.36. The third kappa shape index (κ3) is 2.24. The number of anilines is 1. The van der Waals surface area contributed by atoms with Crippen molar-refractivity contribution in [2.45, 2.75) is 13.0 Å². The summed E-state index contributed by atoms with van der Waals surface area (Å²) >= 11 is 0. The summed E-state index contributed by atoms with van der Waals surface area (Å²) in [6, 6.07) is 3.35. The number of ether oxygens (including phenoxy) is 1. The molecule has 2 aromatic rings. The smallest absolute Gasteiger partial charge is 0.317 e. The van der Waals surface area contributed by atoms with Gasteiger partial charge in [0, 0.05) is 17.3 Å². The van der Waals surface area contributed by atoms with Crippen LogP contribution in [0.1, 0.15) is 18.5 Å². The molecule has 1 aliphatic rings. The number of tetrazole rings is 1. The molecule has 0 spiro atoms. The average molecular weight is 287 g/mol. The molecule has 0 amide bonds. The molecule has 21 heavy (non-hydrogen) atoms. The van der Waals surface area contributed by atoms with Gasteiger partial charge in [-0.25, -0.2) is 9.67 Å². The monoisotopic (exact) mass is 287 g/mol. The highest BCUT2D eigenvalue weighted by atomic mass is 16.5. The van der Waals surface area contributed by atoms with Gasteiger partial charge in [0.15, 0.2) is 12.4 Å². The van der Waals surface area contributed by atoms with E-state index in [4.69, 9.17) is 4.74 Å². The summed E-state index contributed by atoms with van der Waals surface area (Å²) in [6.07, 6.45) is 3.60. The molecule has 1 aliphatic heterocycles. The lowest BCUT2D eigenvalue weighted by Crippen LogP contribution is -2.38. The predicted octanol–water partition coefficient (Wildman–Crippen LogP) is 0.195. The largest absolute Gasteiger partial charge is 0.465 e. The number of nitrogens with zero attached hydrogens (tertiary/aromatic N) is 4. The molecule has 2 atom stereocenters. The first kappa shape index (κ1) is 13.2. The number of hydrogen-bond donors (Lipinski definition) is 1. The number of hydrogen-bond acceptors (Lipinski definition) is 6. The minimum absolute atomic E-state index is 0.304. The average Bonchev–Trinajstić information content (AvgIpc) is 2.94. The predicted molar refractivity (Wildman–Crippen MR) is 71.8 cm³/mol. The number of carbonyl (C=O) groups is 1. The fourth-order valence-corrected chi connectivity index (χ4v) is 2.44. The molecular formula is C13H15N6O2+. The number of fused-ring (bicyclic) bond motifs is 1. The van der Waals surface area contributed by atoms with Gasteiger partial charge in [-0.3, -0.25) is 4.79 Å². The summed E-state index contributed by atoms with van der Waals surface area (Å²) in [5, 5.41) is 14.5. The Balaban J connectivity index is 2.09. The van der Waals surface area contributed by atoms with Crippen molar-refractivity contribution >= 4 is 11.9 Å². The molecule has 2 unspecified atom stereocenters. The molecular weight excluding hydrogens is 272 g/mol. The quantitative estimate of drug-likeness (QED) is 0.810. The van der Waals surface area contributed by atoms with E-state index in [1.54, 1.807) is 24.0 Å². The first-order valence-corrected chi connectivity index (χ1v) is 6.58. The standard InChI is InChI=1S/C13H14N6O2/c1-3-21-12(20)10-8(2)15-13-16-17-18-19(13)11(10)9-5-4-6-14-7-9/h4-7,10-11H,2-3H2,1H3,(H,15,16,18)/p+1. The van der Waals surface area contributed by atoms with Crippen LogP contribution >= 0.6 is 0 Å². The molecule has 0 radical (unpaired) electrons. The zero-order valence-electron chi connectivity index (χ0n) is 11.5. The van der Waals surface area contributed by atoms with Gasteiger partial charge in [0.2, 0.25) is 5.95 Å². The van der Waals surface area contributed by atoms with Gasteiger partial charge in [-0.1, -0.05) is 11.7 Å². The second kappa shape index (κ2) is 5.31. The van der Waals surface area contributed by atoms with Crippen molar-refractivity contribution in [1.82, 2.24) is 20.2 Å². The lowest BCUT2D eigenvalue weighted by Gasteiger charge is -2.31. The molecule has 2 aromatic heterocycles. The maximum absolute atomic E-state index is 12.3. The third-order valence-electron chi connectivity index (χ3n) is 3.33. The Labute approximate surface area is 120 Å². The lowest BCUT2D eigenvalue weighted by atomic mass is 9.90. The molecule has 3 heterocycles. The molecule has 0 bridgehead atoms. The van der Waals surface area contributed by atoms with E-state index in [2.05, 4.69) is 32.4 Å². The number of rotatable bonds is 3. The number of nitrogens with one attached hydrogen (secondary N) is 2. The van der Waals surface area contributed by atoms with Crippen molar-refractivity contribution in [3.05, 3.63) is 42.4 Å². The number of aromatic nitrogens is 5. The molecule has 3 rings (SSSR count). The summed E-state index contributed by atoms with van der Waals surface area (Å²) < 4.78 is 6.73. The second-order valence-corrected chi connectivity index (χ2v) is 4.61. The number of carbonyl (C=O) groups excluding carboxylic acids is 1. The van der Waals surface area contributed by atoms with Crippen LogP contribution in [-0.4, -0.2) is 32.8 Å². The van der Waals surface area contributed by atoms with Gasteiger partial charge >= 0.3 is 5.97 Å². The minimum Gasteiger partial charge on any atom is -0.465 e. The maximum atomic E-state index is 12.3. The van der Waals surface area contributed by atoms with Gasteiger partial charge in [0.05, 0.1) is 6.61 Å². The first-order chi connectivity index (χ1) is 10.2. The van der Waals surface area contributed by atoms with Gasteiger partial charge in [-0.05, 0) is 23.4 Å². The van der Waals surface area contributed by atoms with Crippen molar-refractivity contribution in [3.8, 4) is 0 Å². The summed E-state index contributed by atoms with van der Waals surface area (Å²) in [7, 11) is 0. The SMILES string of the molecule is C=C1Nc2nnnn2C(c2ccc[nH+]c2)C1C(=O)OCC. The Morgan fingerprint density at radius 1 is 1.62 bits per heavy atom. The van der Waals surface area contributed by atoms with Gasteiger partial charge in [0.1, 0.15) is 12.0 Å². The fraction of sp³-hybridized carbons (Fsp3) is 0.308. The number of esters is 1. The van der Waals surface area contributed by atoms with Gasteiger partial charge < -0.3 is 10.1 Å². The highest BCUT2D eigenvalue weighted by molar-refractivity contribution is 5.78. The summed E-state index contributed by atoms with van der Waals surface area (Å²) in [5.41, 5.74) is 1.39. The third-order valence-corrected chi connectivity index (χ3v) is 3.33. The van der Waals surface area contributed by atoms with E-state index < -0.39 is 12.0 Å². The molecule has 2 N–H and O–H groups in total. The highest BCUT2D eigenvalue weighted by Gasteiger charge is 2.41. The topological polar surface area (TPSA) is 96.1 Å². The summed E-state index contributed by atoms with van der Waals surface area (Å²) in [4.78, 5) is 15.3. The second-order valence-electron chi connectivity index (χ2n) is 4.61. The van der Waals surface area contributed by atoms with E-state index >= 15 is 0 Å². The number of pyridine rings is 1. The Morgan fingerprint density at radius 2 is 2.48 bits per heavy atom. The number of aromatic amines is 1. The zero-order chi connectivity index (χ0) is 14.8. The van der Waals surface area contributed by atoms with Crippen molar-refractivity contribution in [3.63, 3.8) is 0 Å². The molecule has 0 aromatic carbocycles. The lowest BCUT2D eigenvalue weighted by molar-refractivity contribution is -0.379. The molecule has 8 heteroatoms. The van der Waals surface area contributed by atoms with E-state index in [1.807, 2.05) is 12.1 Å². The van der Waals surface area contributed by atoms with E-state index in [9.17, 15) is 4.79 Å². The van der Waals surface area contributed by atoms with Crippen LogP contribution in [0, 0.1) is 5.92 Å². The van der Waals surface area contributed by atoms with Crippen molar-refractivity contribution in [1.29, 1.82) is 0 Å². The van der Waals surface area contributed by atoms with Gasteiger partial charge in [-0.2, -0.15) is 0 Å². The molecule has 0 saturated carbocycles. The van der Waals surface area contributed by atoms with Crippen LogP contribution in [0.25, 0.3) is 0 Å². The van der Waals surface area contributed by atoms with E-state index in [0.29, 0.717) is 18.3 Å². The Bertz CT molecular complexity index is 668. The zero-order valence-corrected chi connectivity index (χ0v) is 11.5. The summed E-state index contributed by atoms with van der Waals surface area (Å²) in [5.74, 6) is -0.504. The van der Waals surface area contributed by atoms with Crippen LogP contribution in [0.4, 0.5) is 5.95 Å². The van der Waals surface area contributed by atoms with E-state index in [1.165, 1.54) is 0 Å². The van der Waals surface area contributed by atoms with Crippen molar-refractivity contribution < 1.29 is 14.5 Å². The van der Waals surface area contributed by atoms with Crippen LogP contribution < -0.4 is 10.3 Å². The molecule has 0 saturated heterocycles. The normalized spacial score (nSPS) is 20.5.